The van der Waals surface area contributed by atoms with Crippen molar-refractivity contribution < 1.29 is 9.84 Å². The number of ether oxygens (including phenoxy) is 1. The van der Waals surface area contributed by atoms with Gasteiger partial charge < -0.3 is 9.84 Å². The minimum atomic E-state index is -0.394. The minimum absolute atomic E-state index is 0.394. The molecular formula is C16H18O2S. The predicted octanol–water partition coefficient (Wildman–Crippen LogP) is 4.64. The zero-order valence-corrected chi connectivity index (χ0v) is 12.0. The number of hydrogen-bond donors (Lipinski definition) is 1. The Kier molecular flexibility index (Phi) is 4.88. The third-order valence-corrected chi connectivity index (χ3v) is 3.69. The molecule has 3 heteroatoms. The van der Waals surface area contributed by atoms with E-state index < -0.39 is 6.10 Å². The summed E-state index contributed by atoms with van der Waals surface area (Å²) in [5.41, 5.74) is 0.924. The normalized spacial score (nSPS) is 12.2. The highest BCUT2D eigenvalue weighted by molar-refractivity contribution is 7.98. The average molecular weight is 274 g/mol. The van der Waals surface area contributed by atoms with Crippen LogP contribution >= 0.6 is 11.8 Å². The summed E-state index contributed by atoms with van der Waals surface area (Å²) < 4.78 is 5.76. The second-order valence-corrected chi connectivity index (χ2v) is 5.15. The van der Waals surface area contributed by atoms with E-state index in [1.54, 1.807) is 11.8 Å². The number of rotatable bonds is 5. The molecule has 2 nitrogen and oxygen atoms in total. The molecule has 0 aromatic heterocycles. The van der Waals surface area contributed by atoms with Crippen LogP contribution in [0, 0.1) is 0 Å². The molecule has 1 atom stereocenters. The number of thioether (sulfide) groups is 1. The summed E-state index contributed by atoms with van der Waals surface area (Å²) in [7, 11) is 0. The van der Waals surface area contributed by atoms with Gasteiger partial charge in [0.1, 0.15) is 11.5 Å². The Morgan fingerprint density at radius 3 is 2.00 bits per heavy atom. The summed E-state index contributed by atoms with van der Waals surface area (Å²) in [6, 6.07) is 15.6. The van der Waals surface area contributed by atoms with E-state index in [-0.39, 0.29) is 0 Å². The van der Waals surface area contributed by atoms with Crippen molar-refractivity contribution >= 4 is 11.8 Å². The van der Waals surface area contributed by atoms with Gasteiger partial charge in [-0.05, 0) is 54.6 Å². The zero-order valence-electron chi connectivity index (χ0n) is 11.2. The van der Waals surface area contributed by atoms with Gasteiger partial charge in [-0.1, -0.05) is 19.1 Å². The fourth-order valence-corrected chi connectivity index (χ4v) is 2.18. The Morgan fingerprint density at radius 2 is 1.53 bits per heavy atom. The summed E-state index contributed by atoms with van der Waals surface area (Å²) in [6.45, 7) is 1.96. The minimum Gasteiger partial charge on any atom is -0.457 e. The monoisotopic (exact) mass is 274 g/mol. The first-order chi connectivity index (χ1) is 9.22. The summed E-state index contributed by atoms with van der Waals surface area (Å²) in [5, 5.41) is 9.72. The SMILES string of the molecule is CC[C@H](O)c1ccc(Oc2ccc(SC)cc2)cc1. The van der Waals surface area contributed by atoms with E-state index >= 15 is 0 Å². The number of aliphatic hydroxyl groups excluding tert-OH is 1. The molecular weight excluding hydrogens is 256 g/mol. The zero-order chi connectivity index (χ0) is 13.7. The largest absolute Gasteiger partial charge is 0.457 e. The van der Waals surface area contributed by atoms with Crippen LogP contribution in [0.15, 0.2) is 53.4 Å². The Labute approximate surface area is 118 Å². The molecule has 0 bridgehead atoms. The molecule has 0 aliphatic carbocycles. The average Bonchev–Trinajstić information content (AvgIpc) is 2.48. The third kappa shape index (κ3) is 3.75. The van der Waals surface area contributed by atoms with Gasteiger partial charge in [0, 0.05) is 4.90 Å². The van der Waals surface area contributed by atoms with Crippen molar-refractivity contribution in [3.63, 3.8) is 0 Å². The quantitative estimate of drug-likeness (QED) is 0.805. The highest BCUT2D eigenvalue weighted by Gasteiger charge is 2.04. The van der Waals surface area contributed by atoms with Crippen LogP contribution in [-0.2, 0) is 0 Å². The van der Waals surface area contributed by atoms with Gasteiger partial charge in [-0.2, -0.15) is 0 Å². The van der Waals surface area contributed by atoms with Crippen molar-refractivity contribution in [2.24, 2.45) is 0 Å². The fourth-order valence-electron chi connectivity index (χ4n) is 1.77. The molecule has 1 N–H and O–H groups in total. The first-order valence-electron chi connectivity index (χ1n) is 6.33. The van der Waals surface area contributed by atoms with Crippen LogP contribution in [0.25, 0.3) is 0 Å². The summed E-state index contributed by atoms with van der Waals surface area (Å²) in [4.78, 5) is 1.22. The molecule has 19 heavy (non-hydrogen) atoms. The molecule has 2 rings (SSSR count). The highest BCUT2D eigenvalue weighted by atomic mass is 32.2. The Hall–Kier alpha value is -1.45. The van der Waals surface area contributed by atoms with Gasteiger partial charge in [0.15, 0.2) is 0 Å². The Balaban J connectivity index is 2.06. The van der Waals surface area contributed by atoms with E-state index in [0.29, 0.717) is 0 Å². The van der Waals surface area contributed by atoms with E-state index in [0.717, 1.165) is 23.5 Å². The van der Waals surface area contributed by atoms with Crippen LogP contribution < -0.4 is 4.74 Å². The first kappa shape index (κ1) is 14.0. The van der Waals surface area contributed by atoms with Crippen molar-refractivity contribution in [1.29, 1.82) is 0 Å². The second-order valence-electron chi connectivity index (χ2n) is 4.27. The maximum Gasteiger partial charge on any atom is 0.127 e. The van der Waals surface area contributed by atoms with Crippen molar-refractivity contribution in [3.05, 3.63) is 54.1 Å². The lowest BCUT2D eigenvalue weighted by atomic mass is 10.1. The van der Waals surface area contributed by atoms with Crippen LogP contribution in [0.5, 0.6) is 11.5 Å². The van der Waals surface area contributed by atoms with Crippen molar-refractivity contribution in [2.45, 2.75) is 24.3 Å². The summed E-state index contributed by atoms with van der Waals surface area (Å²) >= 11 is 1.71. The van der Waals surface area contributed by atoms with Crippen LogP contribution in [0.1, 0.15) is 25.0 Å². The molecule has 0 aliphatic rings. The van der Waals surface area contributed by atoms with Gasteiger partial charge in [0.2, 0.25) is 0 Å². The molecule has 2 aromatic rings. The molecule has 0 amide bonds. The summed E-state index contributed by atoms with van der Waals surface area (Å²) in [6.07, 6.45) is 2.37. The lowest BCUT2D eigenvalue weighted by molar-refractivity contribution is 0.173. The first-order valence-corrected chi connectivity index (χ1v) is 7.55. The maximum atomic E-state index is 9.72. The van der Waals surface area contributed by atoms with Crippen LogP contribution in [0.2, 0.25) is 0 Å². The van der Waals surface area contributed by atoms with Crippen molar-refractivity contribution in [3.8, 4) is 11.5 Å². The molecule has 0 radical (unpaired) electrons. The van der Waals surface area contributed by atoms with E-state index in [9.17, 15) is 5.11 Å². The number of hydrogen-bond acceptors (Lipinski definition) is 3. The van der Waals surface area contributed by atoms with E-state index in [2.05, 4.69) is 0 Å². The van der Waals surface area contributed by atoms with Gasteiger partial charge in [-0.3, -0.25) is 0 Å². The topological polar surface area (TPSA) is 29.5 Å². The molecule has 0 spiro atoms. The second kappa shape index (κ2) is 6.64. The lowest BCUT2D eigenvalue weighted by Gasteiger charge is -2.10. The molecule has 0 saturated heterocycles. The van der Waals surface area contributed by atoms with Gasteiger partial charge >= 0.3 is 0 Å². The molecule has 100 valence electrons. The van der Waals surface area contributed by atoms with Gasteiger partial charge in [-0.25, -0.2) is 0 Å². The van der Waals surface area contributed by atoms with E-state index in [1.807, 2.05) is 61.7 Å². The Bertz CT molecular complexity index is 505. The van der Waals surface area contributed by atoms with Gasteiger partial charge in [-0.15, -0.1) is 11.8 Å². The molecule has 2 aromatic carbocycles. The maximum absolute atomic E-state index is 9.72. The molecule has 0 heterocycles. The lowest BCUT2D eigenvalue weighted by Crippen LogP contribution is -1.94. The van der Waals surface area contributed by atoms with E-state index in [4.69, 9.17) is 4.74 Å². The summed E-state index contributed by atoms with van der Waals surface area (Å²) in [5.74, 6) is 1.60. The standard InChI is InChI=1S/C16H18O2S/c1-3-16(17)12-4-6-13(7-5-12)18-14-8-10-15(19-2)11-9-14/h4-11,16-17H,3H2,1-2H3/t16-/m0/s1. The van der Waals surface area contributed by atoms with Gasteiger partial charge in [0.25, 0.3) is 0 Å². The highest BCUT2D eigenvalue weighted by Crippen LogP contribution is 2.26. The smallest absolute Gasteiger partial charge is 0.127 e. The molecule has 0 saturated carbocycles. The number of aliphatic hydroxyl groups is 1. The van der Waals surface area contributed by atoms with Gasteiger partial charge in [0.05, 0.1) is 6.10 Å². The van der Waals surface area contributed by atoms with Crippen LogP contribution in [0.4, 0.5) is 0 Å². The third-order valence-electron chi connectivity index (χ3n) is 2.95. The van der Waals surface area contributed by atoms with E-state index in [1.165, 1.54) is 4.90 Å². The van der Waals surface area contributed by atoms with Crippen molar-refractivity contribution in [2.75, 3.05) is 6.26 Å². The fraction of sp³-hybridized carbons (Fsp3) is 0.250. The number of benzene rings is 2. The molecule has 0 fully saturated rings. The molecule has 0 aliphatic heterocycles. The molecule has 0 unspecified atom stereocenters. The predicted molar refractivity (Wildman–Crippen MR) is 80.0 cm³/mol. The van der Waals surface area contributed by atoms with Crippen LogP contribution in [-0.4, -0.2) is 11.4 Å². The Morgan fingerprint density at radius 1 is 1.00 bits per heavy atom. The van der Waals surface area contributed by atoms with Crippen molar-refractivity contribution in [1.82, 2.24) is 0 Å². The van der Waals surface area contributed by atoms with Crippen LogP contribution in [0.3, 0.4) is 0 Å².